The molecule has 6 nitrogen and oxygen atoms in total. The van der Waals surface area contributed by atoms with Gasteiger partial charge in [0.2, 0.25) is 5.75 Å². The summed E-state index contributed by atoms with van der Waals surface area (Å²) in [5, 5.41) is 6.52. The molecule has 0 atom stereocenters. The Bertz CT molecular complexity index is 415. The molecule has 0 saturated carbocycles. The summed E-state index contributed by atoms with van der Waals surface area (Å²) in [7, 11) is 1.64. The van der Waals surface area contributed by atoms with Gasteiger partial charge in [0.05, 0.1) is 7.11 Å². The molecule has 1 aromatic rings. The first kappa shape index (κ1) is 17.5. The quantitative estimate of drug-likeness (QED) is 0.729. The Kier molecular flexibility index (Phi) is 7.22. The molecule has 0 aliphatic rings. The second kappa shape index (κ2) is 8.67. The maximum atomic E-state index is 5.42. The third-order valence-electron chi connectivity index (χ3n) is 3.34. The van der Waals surface area contributed by atoms with E-state index in [0.717, 1.165) is 31.3 Å². The average molecular weight is 295 g/mol. The number of nitrogens with one attached hydrogen (secondary N) is 2. The van der Waals surface area contributed by atoms with Crippen LogP contribution in [0.2, 0.25) is 0 Å². The molecule has 0 saturated heterocycles. The van der Waals surface area contributed by atoms with E-state index in [4.69, 9.17) is 4.74 Å². The molecule has 6 heteroatoms. The van der Waals surface area contributed by atoms with Gasteiger partial charge in [-0.15, -0.1) is 0 Å². The number of ether oxygens (including phenoxy) is 1. The van der Waals surface area contributed by atoms with Gasteiger partial charge in [-0.3, -0.25) is 4.90 Å². The normalized spacial score (nSPS) is 11.3. The van der Waals surface area contributed by atoms with Crippen molar-refractivity contribution < 1.29 is 4.74 Å². The highest BCUT2D eigenvalue weighted by molar-refractivity contribution is 5.63. The van der Waals surface area contributed by atoms with E-state index in [9.17, 15) is 0 Å². The van der Waals surface area contributed by atoms with Gasteiger partial charge in [0.25, 0.3) is 0 Å². The van der Waals surface area contributed by atoms with Crippen LogP contribution >= 0.6 is 0 Å². The first-order valence-corrected chi connectivity index (χ1v) is 7.63. The lowest BCUT2D eigenvalue weighted by atomic mass is 10.2. The summed E-state index contributed by atoms with van der Waals surface area (Å²) in [6.45, 7) is 13.5. The Hall–Kier alpha value is -1.56. The van der Waals surface area contributed by atoms with Crippen molar-refractivity contribution in [2.45, 2.75) is 46.7 Å². The molecular weight excluding hydrogens is 266 g/mol. The van der Waals surface area contributed by atoms with Crippen LogP contribution in [0.3, 0.4) is 0 Å². The molecule has 0 aromatic carbocycles. The number of anilines is 2. The maximum absolute atomic E-state index is 5.42. The van der Waals surface area contributed by atoms with Crippen LogP contribution < -0.4 is 15.4 Å². The molecule has 1 aromatic heterocycles. The minimum atomic E-state index is 0.524. The van der Waals surface area contributed by atoms with Gasteiger partial charge >= 0.3 is 0 Å². The molecular formula is C15H29N5O. The van der Waals surface area contributed by atoms with Crippen LogP contribution in [0, 0.1) is 0 Å². The maximum Gasteiger partial charge on any atom is 0.204 e. The lowest BCUT2D eigenvalue weighted by Gasteiger charge is -2.30. The predicted molar refractivity (Wildman–Crippen MR) is 88.2 cm³/mol. The summed E-state index contributed by atoms with van der Waals surface area (Å²) in [6, 6.07) is 1.05. The van der Waals surface area contributed by atoms with Crippen LogP contribution in [0.15, 0.2) is 6.33 Å². The van der Waals surface area contributed by atoms with Crippen LogP contribution in [-0.4, -0.2) is 53.7 Å². The molecule has 21 heavy (non-hydrogen) atoms. The molecule has 1 heterocycles. The molecule has 0 radical (unpaired) electrons. The van der Waals surface area contributed by atoms with E-state index in [1.165, 1.54) is 0 Å². The Morgan fingerprint density at radius 1 is 1.10 bits per heavy atom. The second-order valence-corrected chi connectivity index (χ2v) is 5.49. The Morgan fingerprint density at radius 2 is 1.67 bits per heavy atom. The minimum absolute atomic E-state index is 0.524. The number of nitrogens with zero attached hydrogens (tertiary/aromatic N) is 3. The van der Waals surface area contributed by atoms with E-state index in [2.05, 4.69) is 53.2 Å². The zero-order valence-electron chi connectivity index (χ0n) is 14.1. The zero-order valence-corrected chi connectivity index (χ0v) is 14.1. The lowest BCUT2D eigenvalue weighted by molar-refractivity contribution is 0.182. The van der Waals surface area contributed by atoms with Gasteiger partial charge in [-0.2, -0.15) is 0 Å². The summed E-state index contributed by atoms with van der Waals surface area (Å²) in [5.41, 5.74) is 0. The van der Waals surface area contributed by atoms with Crippen molar-refractivity contribution in [1.29, 1.82) is 0 Å². The molecule has 2 N–H and O–H groups in total. The first-order chi connectivity index (χ1) is 10.0. The summed E-state index contributed by atoms with van der Waals surface area (Å²) in [4.78, 5) is 10.9. The van der Waals surface area contributed by atoms with Gasteiger partial charge in [-0.25, -0.2) is 9.97 Å². The fraction of sp³-hybridized carbons (Fsp3) is 0.733. The van der Waals surface area contributed by atoms with Crippen LogP contribution in [0.4, 0.5) is 11.6 Å². The Balaban J connectivity index is 2.68. The number of rotatable bonds is 9. The van der Waals surface area contributed by atoms with Crippen molar-refractivity contribution >= 4 is 11.6 Å². The molecule has 0 aliphatic carbocycles. The van der Waals surface area contributed by atoms with Gasteiger partial charge in [0, 0.05) is 31.7 Å². The fourth-order valence-electron chi connectivity index (χ4n) is 2.40. The average Bonchev–Trinajstić information content (AvgIpc) is 2.43. The highest BCUT2D eigenvalue weighted by Gasteiger charge is 2.14. The van der Waals surface area contributed by atoms with Crippen molar-refractivity contribution in [3.8, 4) is 5.75 Å². The third-order valence-corrected chi connectivity index (χ3v) is 3.34. The summed E-state index contributed by atoms with van der Waals surface area (Å²) >= 11 is 0. The standard InChI is InChI=1S/C15H29N5O/c1-7-16-14-13(21-6)15(19-10-18-14)17-8-9-20(11(2)3)12(4)5/h10-12H,7-9H2,1-6H3,(H2,16,17,18,19). The van der Waals surface area contributed by atoms with E-state index in [0.29, 0.717) is 17.8 Å². The Morgan fingerprint density at radius 3 is 2.14 bits per heavy atom. The number of aromatic nitrogens is 2. The molecule has 0 spiro atoms. The molecule has 1 rings (SSSR count). The summed E-state index contributed by atoms with van der Waals surface area (Å²) in [5.74, 6) is 2.12. The molecule has 0 fully saturated rings. The van der Waals surface area contributed by atoms with E-state index in [1.807, 2.05) is 6.92 Å². The van der Waals surface area contributed by atoms with Crippen LogP contribution in [0.1, 0.15) is 34.6 Å². The molecule has 0 unspecified atom stereocenters. The van der Waals surface area contributed by atoms with E-state index in [-0.39, 0.29) is 0 Å². The van der Waals surface area contributed by atoms with Crippen molar-refractivity contribution in [2.75, 3.05) is 37.4 Å². The van der Waals surface area contributed by atoms with Crippen LogP contribution in [-0.2, 0) is 0 Å². The monoisotopic (exact) mass is 295 g/mol. The van der Waals surface area contributed by atoms with E-state index in [1.54, 1.807) is 13.4 Å². The van der Waals surface area contributed by atoms with Crippen LogP contribution in [0.25, 0.3) is 0 Å². The second-order valence-electron chi connectivity index (χ2n) is 5.49. The van der Waals surface area contributed by atoms with Crippen molar-refractivity contribution in [3.63, 3.8) is 0 Å². The zero-order chi connectivity index (χ0) is 15.8. The summed E-state index contributed by atoms with van der Waals surface area (Å²) < 4.78 is 5.42. The topological polar surface area (TPSA) is 62.3 Å². The third kappa shape index (κ3) is 5.04. The SMILES string of the molecule is CCNc1ncnc(NCCN(C(C)C)C(C)C)c1OC. The largest absolute Gasteiger partial charge is 0.490 e. The first-order valence-electron chi connectivity index (χ1n) is 7.63. The number of hydrogen-bond donors (Lipinski definition) is 2. The molecule has 0 bridgehead atoms. The number of methoxy groups -OCH3 is 1. The van der Waals surface area contributed by atoms with E-state index >= 15 is 0 Å². The van der Waals surface area contributed by atoms with Gasteiger partial charge in [-0.1, -0.05) is 0 Å². The fourth-order valence-corrected chi connectivity index (χ4v) is 2.40. The minimum Gasteiger partial charge on any atom is -0.490 e. The van der Waals surface area contributed by atoms with Crippen molar-refractivity contribution in [1.82, 2.24) is 14.9 Å². The highest BCUT2D eigenvalue weighted by atomic mass is 16.5. The molecule has 0 amide bonds. The van der Waals surface area contributed by atoms with Crippen LogP contribution in [0.5, 0.6) is 5.75 Å². The van der Waals surface area contributed by atoms with Gasteiger partial charge in [0.15, 0.2) is 11.6 Å². The molecule has 0 aliphatic heterocycles. The van der Waals surface area contributed by atoms with E-state index < -0.39 is 0 Å². The highest BCUT2D eigenvalue weighted by Crippen LogP contribution is 2.28. The smallest absolute Gasteiger partial charge is 0.204 e. The lowest BCUT2D eigenvalue weighted by Crippen LogP contribution is -2.40. The van der Waals surface area contributed by atoms with Crippen molar-refractivity contribution in [2.24, 2.45) is 0 Å². The number of hydrogen-bond acceptors (Lipinski definition) is 6. The van der Waals surface area contributed by atoms with Gasteiger partial charge < -0.3 is 15.4 Å². The Labute approximate surface area is 128 Å². The molecule has 120 valence electrons. The van der Waals surface area contributed by atoms with Gasteiger partial charge in [-0.05, 0) is 34.6 Å². The summed E-state index contributed by atoms with van der Waals surface area (Å²) in [6.07, 6.45) is 1.55. The predicted octanol–water partition coefficient (Wildman–Crippen LogP) is 2.45. The van der Waals surface area contributed by atoms with Gasteiger partial charge in [0.1, 0.15) is 6.33 Å². The van der Waals surface area contributed by atoms with Crippen molar-refractivity contribution in [3.05, 3.63) is 6.33 Å².